The Kier molecular flexibility index (Phi) is 6.11. The second kappa shape index (κ2) is 8.95. The summed E-state index contributed by atoms with van der Waals surface area (Å²) in [7, 11) is 1.59. The van der Waals surface area contributed by atoms with Crippen molar-refractivity contribution >= 4 is 44.9 Å². The molecule has 0 spiro atoms. The van der Waals surface area contributed by atoms with Crippen LogP contribution in [0.25, 0.3) is 15.9 Å². The Morgan fingerprint density at radius 2 is 1.94 bits per heavy atom. The van der Waals surface area contributed by atoms with Crippen LogP contribution in [0.3, 0.4) is 0 Å². The number of benzene rings is 2. The average Bonchev–Trinajstić information content (AvgIpc) is 3.23. The summed E-state index contributed by atoms with van der Waals surface area (Å²) < 4.78 is 7.35. The Bertz CT molecular complexity index is 1310. The molecule has 1 N–H and O–H groups in total. The molecule has 0 atom stereocenters. The number of rotatable bonds is 6. The molecule has 0 aliphatic carbocycles. The number of ether oxygens (including phenoxy) is 1. The van der Waals surface area contributed by atoms with Crippen molar-refractivity contribution in [2.75, 3.05) is 18.2 Å². The number of amides is 1. The van der Waals surface area contributed by atoms with E-state index in [0.29, 0.717) is 21.1 Å². The highest BCUT2D eigenvalue weighted by molar-refractivity contribution is 7.99. The van der Waals surface area contributed by atoms with E-state index in [0.717, 1.165) is 22.6 Å². The molecule has 2 aromatic heterocycles. The molecule has 6 nitrogen and oxygen atoms in total. The predicted octanol–water partition coefficient (Wildman–Crippen LogP) is 4.80. The fraction of sp³-hybridized carbons (Fsp3) is 0.174. The molecule has 31 heavy (non-hydrogen) atoms. The summed E-state index contributed by atoms with van der Waals surface area (Å²) in [6, 6.07) is 14.9. The zero-order valence-corrected chi connectivity index (χ0v) is 19.0. The van der Waals surface area contributed by atoms with Crippen LogP contribution in [-0.4, -0.2) is 28.3 Å². The Balaban J connectivity index is 1.63. The minimum atomic E-state index is -0.179. The van der Waals surface area contributed by atoms with E-state index in [1.807, 2.05) is 43.5 Å². The van der Waals surface area contributed by atoms with E-state index in [4.69, 9.17) is 4.74 Å². The zero-order chi connectivity index (χ0) is 22.0. The lowest BCUT2D eigenvalue weighted by Gasteiger charge is -2.14. The van der Waals surface area contributed by atoms with Gasteiger partial charge in [-0.1, -0.05) is 29.5 Å². The average molecular weight is 452 g/mol. The zero-order valence-electron chi connectivity index (χ0n) is 17.3. The summed E-state index contributed by atoms with van der Waals surface area (Å²) in [5, 5.41) is 5.21. The number of hydrogen-bond donors (Lipinski definition) is 1. The minimum absolute atomic E-state index is 0.120. The molecular formula is C23H21N3O3S2. The molecule has 4 rings (SSSR count). The van der Waals surface area contributed by atoms with Gasteiger partial charge < -0.3 is 10.1 Å². The number of aromatic nitrogens is 2. The molecule has 4 aromatic rings. The van der Waals surface area contributed by atoms with Gasteiger partial charge in [-0.25, -0.2) is 4.98 Å². The number of nitrogens with one attached hydrogen (secondary N) is 1. The van der Waals surface area contributed by atoms with Gasteiger partial charge in [0.25, 0.3) is 5.56 Å². The summed E-state index contributed by atoms with van der Waals surface area (Å²) in [5.74, 6) is 0.666. The number of hydrogen-bond acceptors (Lipinski definition) is 6. The molecule has 0 saturated heterocycles. The number of aryl methyl sites for hydroxylation is 2. The van der Waals surface area contributed by atoms with Crippen molar-refractivity contribution < 1.29 is 9.53 Å². The minimum Gasteiger partial charge on any atom is -0.497 e. The van der Waals surface area contributed by atoms with Gasteiger partial charge in [0.05, 0.1) is 24.1 Å². The van der Waals surface area contributed by atoms with Crippen LogP contribution in [0.15, 0.2) is 63.9 Å². The highest BCUT2D eigenvalue weighted by Crippen LogP contribution is 2.26. The highest BCUT2D eigenvalue weighted by atomic mass is 32.2. The van der Waals surface area contributed by atoms with Crippen LogP contribution in [0.2, 0.25) is 0 Å². The quantitative estimate of drug-likeness (QED) is 0.337. The Morgan fingerprint density at radius 3 is 2.65 bits per heavy atom. The van der Waals surface area contributed by atoms with Gasteiger partial charge in [-0.05, 0) is 61.2 Å². The van der Waals surface area contributed by atoms with Crippen LogP contribution < -0.4 is 15.6 Å². The molecular weight excluding hydrogens is 430 g/mol. The summed E-state index contributed by atoms with van der Waals surface area (Å²) in [6.07, 6.45) is 0. The van der Waals surface area contributed by atoms with Crippen LogP contribution in [0.5, 0.6) is 5.75 Å². The van der Waals surface area contributed by atoms with Crippen LogP contribution in [0.1, 0.15) is 11.1 Å². The van der Waals surface area contributed by atoms with E-state index >= 15 is 0 Å². The summed E-state index contributed by atoms with van der Waals surface area (Å²) in [5.41, 5.74) is 4.08. The number of thioether (sulfide) groups is 1. The predicted molar refractivity (Wildman–Crippen MR) is 127 cm³/mol. The lowest BCUT2D eigenvalue weighted by molar-refractivity contribution is -0.113. The van der Waals surface area contributed by atoms with Crippen molar-refractivity contribution in [3.8, 4) is 11.4 Å². The molecule has 0 aliphatic rings. The third-order valence-electron chi connectivity index (χ3n) is 4.75. The maximum absolute atomic E-state index is 13.3. The molecule has 158 valence electrons. The normalized spacial score (nSPS) is 10.9. The largest absolute Gasteiger partial charge is 0.497 e. The molecule has 8 heteroatoms. The van der Waals surface area contributed by atoms with Gasteiger partial charge in [0.1, 0.15) is 10.4 Å². The van der Waals surface area contributed by atoms with E-state index in [-0.39, 0.29) is 17.2 Å². The molecule has 0 aliphatic heterocycles. The molecule has 2 aromatic carbocycles. The van der Waals surface area contributed by atoms with E-state index < -0.39 is 0 Å². The van der Waals surface area contributed by atoms with Crippen LogP contribution in [0.4, 0.5) is 5.69 Å². The van der Waals surface area contributed by atoms with E-state index in [1.165, 1.54) is 23.1 Å². The van der Waals surface area contributed by atoms with Crippen molar-refractivity contribution in [3.05, 3.63) is 75.4 Å². The van der Waals surface area contributed by atoms with Gasteiger partial charge in [-0.2, -0.15) is 0 Å². The standard InChI is InChI=1S/C23H21N3O3S2/c1-14-4-9-19(15(2)12-14)26-22(28)21-18(10-11-30-21)25-23(26)31-13-20(27)24-16-5-7-17(29-3)8-6-16/h4-12H,13H2,1-3H3,(H,24,27). The third-order valence-corrected chi connectivity index (χ3v) is 6.58. The Hall–Kier alpha value is -3.10. The number of fused-ring (bicyclic) bond motifs is 1. The molecule has 1 amide bonds. The first-order valence-electron chi connectivity index (χ1n) is 9.61. The van der Waals surface area contributed by atoms with Crippen LogP contribution in [0, 0.1) is 13.8 Å². The van der Waals surface area contributed by atoms with Gasteiger partial charge >= 0.3 is 0 Å². The van der Waals surface area contributed by atoms with Gasteiger partial charge in [0.2, 0.25) is 5.91 Å². The maximum Gasteiger partial charge on any atom is 0.276 e. The van der Waals surface area contributed by atoms with Crippen LogP contribution >= 0.6 is 23.1 Å². The number of carbonyl (C=O) groups excluding carboxylic acids is 1. The third kappa shape index (κ3) is 4.50. The SMILES string of the molecule is COc1ccc(NC(=O)CSc2nc3ccsc3c(=O)n2-c2ccc(C)cc2C)cc1. The molecule has 0 unspecified atom stereocenters. The number of methoxy groups -OCH3 is 1. The molecule has 0 saturated carbocycles. The van der Waals surface area contributed by atoms with E-state index in [2.05, 4.69) is 10.3 Å². The lowest BCUT2D eigenvalue weighted by Crippen LogP contribution is -2.23. The van der Waals surface area contributed by atoms with Gasteiger partial charge in [-0.15, -0.1) is 11.3 Å². The molecule has 2 heterocycles. The van der Waals surface area contributed by atoms with Crippen molar-refractivity contribution in [2.45, 2.75) is 19.0 Å². The summed E-state index contributed by atoms with van der Waals surface area (Å²) >= 11 is 2.62. The fourth-order valence-electron chi connectivity index (χ4n) is 3.26. The molecule has 0 fully saturated rings. The topological polar surface area (TPSA) is 73.2 Å². The molecule has 0 bridgehead atoms. The van der Waals surface area contributed by atoms with Gasteiger partial charge in [-0.3, -0.25) is 14.2 Å². The van der Waals surface area contributed by atoms with Crippen LogP contribution in [-0.2, 0) is 4.79 Å². The molecule has 0 radical (unpaired) electrons. The first-order chi connectivity index (χ1) is 15.0. The van der Waals surface area contributed by atoms with E-state index in [1.54, 1.807) is 35.9 Å². The number of thiophene rings is 1. The fourth-order valence-corrected chi connectivity index (χ4v) is 4.82. The maximum atomic E-state index is 13.3. The van der Waals surface area contributed by atoms with Crippen molar-refractivity contribution in [2.24, 2.45) is 0 Å². The summed E-state index contributed by atoms with van der Waals surface area (Å²) in [4.78, 5) is 30.5. The smallest absolute Gasteiger partial charge is 0.276 e. The first-order valence-corrected chi connectivity index (χ1v) is 11.5. The number of anilines is 1. The second-order valence-electron chi connectivity index (χ2n) is 7.03. The summed E-state index contributed by atoms with van der Waals surface area (Å²) in [6.45, 7) is 3.98. The van der Waals surface area contributed by atoms with Crippen molar-refractivity contribution in [1.82, 2.24) is 9.55 Å². The number of carbonyl (C=O) groups is 1. The lowest BCUT2D eigenvalue weighted by atomic mass is 10.1. The Labute approximate surface area is 187 Å². The Morgan fingerprint density at radius 1 is 1.16 bits per heavy atom. The monoisotopic (exact) mass is 451 g/mol. The number of nitrogens with zero attached hydrogens (tertiary/aromatic N) is 2. The van der Waals surface area contributed by atoms with Gasteiger partial charge in [0.15, 0.2) is 5.16 Å². The van der Waals surface area contributed by atoms with E-state index in [9.17, 15) is 9.59 Å². The van der Waals surface area contributed by atoms with Gasteiger partial charge in [0, 0.05) is 5.69 Å². The van der Waals surface area contributed by atoms with Crippen molar-refractivity contribution in [3.63, 3.8) is 0 Å². The first kappa shape index (κ1) is 21.1. The highest BCUT2D eigenvalue weighted by Gasteiger charge is 2.17. The van der Waals surface area contributed by atoms with Crippen molar-refractivity contribution in [1.29, 1.82) is 0 Å². The second-order valence-corrected chi connectivity index (χ2v) is 8.88.